The van der Waals surface area contributed by atoms with Crippen molar-refractivity contribution in [1.29, 1.82) is 0 Å². The largest absolute Gasteiger partial charge is 0.283 e. The molecule has 0 aliphatic rings. The van der Waals surface area contributed by atoms with Crippen molar-refractivity contribution in [3.8, 4) is 0 Å². The molecule has 1 rings (SSSR count). The van der Waals surface area contributed by atoms with Crippen molar-refractivity contribution in [2.45, 2.75) is 39.0 Å². The van der Waals surface area contributed by atoms with Crippen molar-refractivity contribution in [2.24, 2.45) is 5.84 Å². The standard InChI is InChI=1S/C14H22N2O/c1-10(13(17)16(5)15)11-6-8-12(9-7-11)14(2,3)4/h6-10H,15H2,1-5H3. The van der Waals surface area contributed by atoms with Crippen LogP contribution in [-0.4, -0.2) is 18.0 Å². The fourth-order valence-corrected chi connectivity index (χ4v) is 1.72. The van der Waals surface area contributed by atoms with Gasteiger partial charge in [0.1, 0.15) is 0 Å². The summed E-state index contributed by atoms with van der Waals surface area (Å²) >= 11 is 0. The maximum Gasteiger partial charge on any atom is 0.243 e. The van der Waals surface area contributed by atoms with Gasteiger partial charge in [-0.25, -0.2) is 5.84 Å². The minimum atomic E-state index is -0.195. The van der Waals surface area contributed by atoms with Gasteiger partial charge in [-0.15, -0.1) is 0 Å². The van der Waals surface area contributed by atoms with Crippen molar-refractivity contribution in [2.75, 3.05) is 7.05 Å². The zero-order valence-electron chi connectivity index (χ0n) is 11.3. The fraction of sp³-hybridized carbons (Fsp3) is 0.500. The van der Waals surface area contributed by atoms with Crippen LogP contribution < -0.4 is 5.84 Å². The molecule has 0 saturated heterocycles. The van der Waals surface area contributed by atoms with Gasteiger partial charge >= 0.3 is 0 Å². The van der Waals surface area contributed by atoms with E-state index in [1.165, 1.54) is 5.56 Å². The number of benzene rings is 1. The van der Waals surface area contributed by atoms with Gasteiger partial charge in [0.05, 0.1) is 5.92 Å². The molecule has 2 N–H and O–H groups in total. The van der Waals surface area contributed by atoms with Crippen LogP contribution in [0, 0.1) is 0 Å². The minimum absolute atomic E-state index is 0.0755. The van der Waals surface area contributed by atoms with Crippen LogP contribution in [0.4, 0.5) is 0 Å². The van der Waals surface area contributed by atoms with Crippen LogP contribution in [0.3, 0.4) is 0 Å². The van der Waals surface area contributed by atoms with Crippen LogP contribution in [0.2, 0.25) is 0 Å². The summed E-state index contributed by atoms with van der Waals surface area (Å²) in [7, 11) is 1.57. The Morgan fingerprint density at radius 3 is 2.06 bits per heavy atom. The Hall–Kier alpha value is -1.35. The highest BCUT2D eigenvalue weighted by molar-refractivity contribution is 5.82. The summed E-state index contributed by atoms with van der Waals surface area (Å²) in [6, 6.07) is 8.17. The molecule has 0 fully saturated rings. The second kappa shape index (κ2) is 4.88. The Morgan fingerprint density at radius 2 is 1.71 bits per heavy atom. The molecule has 0 aliphatic heterocycles. The van der Waals surface area contributed by atoms with Gasteiger partial charge in [0.25, 0.3) is 0 Å². The summed E-state index contributed by atoms with van der Waals surface area (Å²) in [5.41, 5.74) is 2.40. The number of likely N-dealkylation sites (N-methyl/N-ethyl adjacent to an activating group) is 1. The van der Waals surface area contributed by atoms with Gasteiger partial charge in [0.15, 0.2) is 0 Å². The second-order valence-corrected chi connectivity index (χ2v) is 5.54. The van der Waals surface area contributed by atoms with Crippen molar-refractivity contribution in [1.82, 2.24) is 5.01 Å². The second-order valence-electron chi connectivity index (χ2n) is 5.54. The van der Waals surface area contributed by atoms with E-state index in [9.17, 15) is 4.79 Å². The van der Waals surface area contributed by atoms with Crippen molar-refractivity contribution < 1.29 is 4.79 Å². The molecular weight excluding hydrogens is 212 g/mol. The van der Waals surface area contributed by atoms with Crippen LogP contribution in [0.15, 0.2) is 24.3 Å². The third-order valence-corrected chi connectivity index (χ3v) is 2.99. The predicted molar refractivity (Wildman–Crippen MR) is 70.5 cm³/mol. The number of nitrogens with zero attached hydrogens (tertiary/aromatic N) is 1. The van der Waals surface area contributed by atoms with Gasteiger partial charge < -0.3 is 0 Å². The lowest BCUT2D eigenvalue weighted by atomic mass is 9.85. The molecule has 1 amide bonds. The van der Waals surface area contributed by atoms with Crippen LogP contribution in [0.1, 0.15) is 44.7 Å². The Bertz CT molecular complexity index is 388. The van der Waals surface area contributed by atoms with Gasteiger partial charge in [0, 0.05) is 7.05 Å². The number of rotatable bonds is 2. The van der Waals surface area contributed by atoms with Crippen LogP contribution in [-0.2, 0) is 10.2 Å². The Labute approximate surface area is 104 Å². The number of amides is 1. The van der Waals surface area contributed by atoms with Gasteiger partial charge in [-0.3, -0.25) is 9.80 Å². The highest BCUT2D eigenvalue weighted by Gasteiger charge is 2.19. The summed E-state index contributed by atoms with van der Waals surface area (Å²) in [6.07, 6.45) is 0. The lowest BCUT2D eigenvalue weighted by Gasteiger charge is -2.21. The third-order valence-electron chi connectivity index (χ3n) is 2.99. The van der Waals surface area contributed by atoms with Crippen molar-refractivity contribution in [3.63, 3.8) is 0 Å². The molecule has 1 unspecified atom stereocenters. The van der Waals surface area contributed by atoms with E-state index in [0.29, 0.717) is 0 Å². The molecule has 1 atom stereocenters. The summed E-state index contributed by atoms with van der Waals surface area (Å²) in [5.74, 6) is 5.19. The number of hydrazine groups is 1. The van der Waals surface area contributed by atoms with Crippen molar-refractivity contribution >= 4 is 5.91 Å². The Morgan fingerprint density at radius 1 is 1.24 bits per heavy atom. The Kier molecular flexibility index (Phi) is 3.94. The number of hydrogen-bond acceptors (Lipinski definition) is 2. The summed E-state index contributed by atoms with van der Waals surface area (Å²) < 4.78 is 0. The number of carbonyl (C=O) groups excluding carboxylic acids is 1. The van der Waals surface area contributed by atoms with E-state index >= 15 is 0 Å². The molecule has 0 aliphatic carbocycles. The van der Waals surface area contributed by atoms with E-state index in [4.69, 9.17) is 5.84 Å². The Balaban J connectivity index is 2.92. The molecule has 1 aromatic carbocycles. The molecule has 3 heteroatoms. The zero-order valence-corrected chi connectivity index (χ0v) is 11.3. The first kappa shape index (κ1) is 13.7. The van der Waals surface area contributed by atoms with E-state index in [0.717, 1.165) is 10.6 Å². The fourth-order valence-electron chi connectivity index (χ4n) is 1.72. The topological polar surface area (TPSA) is 46.3 Å². The summed E-state index contributed by atoms with van der Waals surface area (Å²) in [5, 5.41) is 1.14. The summed E-state index contributed by atoms with van der Waals surface area (Å²) in [4.78, 5) is 11.7. The summed E-state index contributed by atoms with van der Waals surface area (Å²) in [6.45, 7) is 8.39. The predicted octanol–water partition coefficient (Wildman–Crippen LogP) is 2.42. The number of nitrogens with two attached hydrogens (primary N) is 1. The molecule has 0 saturated carbocycles. The molecule has 0 heterocycles. The molecule has 0 aromatic heterocycles. The maximum absolute atomic E-state index is 11.7. The first-order valence-electron chi connectivity index (χ1n) is 5.86. The van der Waals surface area contributed by atoms with Gasteiger partial charge in [0.2, 0.25) is 5.91 Å². The first-order valence-corrected chi connectivity index (χ1v) is 5.86. The smallest absolute Gasteiger partial charge is 0.243 e. The molecule has 0 radical (unpaired) electrons. The van der Waals surface area contributed by atoms with E-state index in [-0.39, 0.29) is 17.2 Å². The normalized spacial score (nSPS) is 13.3. The van der Waals surface area contributed by atoms with Gasteiger partial charge in [-0.2, -0.15) is 0 Å². The third kappa shape index (κ3) is 3.30. The molecule has 3 nitrogen and oxygen atoms in total. The lowest BCUT2D eigenvalue weighted by Crippen LogP contribution is -2.36. The van der Waals surface area contributed by atoms with Gasteiger partial charge in [-0.1, -0.05) is 45.0 Å². The lowest BCUT2D eigenvalue weighted by molar-refractivity contribution is -0.131. The highest BCUT2D eigenvalue weighted by atomic mass is 16.2. The zero-order chi connectivity index (χ0) is 13.2. The van der Waals surface area contributed by atoms with Crippen LogP contribution in [0.5, 0.6) is 0 Å². The molecule has 0 bridgehead atoms. The quantitative estimate of drug-likeness (QED) is 0.485. The molecule has 94 valence electrons. The van der Waals surface area contributed by atoms with Crippen LogP contribution in [0.25, 0.3) is 0 Å². The molecule has 17 heavy (non-hydrogen) atoms. The molecule has 0 spiro atoms. The van der Waals surface area contributed by atoms with E-state index < -0.39 is 0 Å². The first-order chi connectivity index (χ1) is 7.73. The van der Waals surface area contributed by atoms with E-state index in [2.05, 4.69) is 32.9 Å². The average Bonchev–Trinajstić information content (AvgIpc) is 2.26. The van der Waals surface area contributed by atoms with Crippen molar-refractivity contribution in [3.05, 3.63) is 35.4 Å². The molecule has 1 aromatic rings. The maximum atomic E-state index is 11.7. The van der Waals surface area contributed by atoms with E-state index in [1.807, 2.05) is 19.1 Å². The SMILES string of the molecule is CC(C(=O)N(C)N)c1ccc(C(C)(C)C)cc1. The average molecular weight is 234 g/mol. The number of hydrogen-bond donors (Lipinski definition) is 1. The highest BCUT2D eigenvalue weighted by Crippen LogP contribution is 2.24. The minimum Gasteiger partial charge on any atom is -0.283 e. The number of carbonyl (C=O) groups is 1. The monoisotopic (exact) mass is 234 g/mol. The van der Waals surface area contributed by atoms with Crippen LogP contribution >= 0.6 is 0 Å². The van der Waals surface area contributed by atoms with E-state index in [1.54, 1.807) is 7.05 Å². The van der Waals surface area contributed by atoms with Gasteiger partial charge in [-0.05, 0) is 23.5 Å². The molecular formula is C14H22N2O.